The van der Waals surface area contributed by atoms with Crippen molar-refractivity contribution in [3.63, 3.8) is 0 Å². The summed E-state index contributed by atoms with van der Waals surface area (Å²) in [6.07, 6.45) is 6.20. The van der Waals surface area contributed by atoms with Gasteiger partial charge in [-0.05, 0) is 46.5 Å². The van der Waals surface area contributed by atoms with E-state index >= 15 is 0 Å². The zero-order chi connectivity index (χ0) is 14.3. The van der Waals surface area contributed by atoms with Gasteiger partial charge in [-0.25, -0.2) is 0 Å². The van der Waals surface area contributed by atoms with Gasteiger partial charge in [0, 0.05) is 31.4 Å². The third kappa shape index (κ3) is 4.96. The van der Waals surface area contributed by atoms with Gasteiger partial charge in [0.05, 0.1) is 6.54 Å². The van der Waals surface area contributed by atoms with Crippen LogP contribution in [0.15, 0.2) is 11.8 Å². The van der Waals surface area contributed by atoms with Crippen molar-refractivity contribution in [3.8, 4) is 0 Å². The monoisotopic (exact) mass is 268 g/mol. The van der Waals surface area contributed by atoms with E-state index in [0.717, 1.165) is 38.8 Å². The first-order valence-corrected chi connectivity index (χ1v) is 7.44. The van der Waals surface area contributed by atoms with E-state index in [1.807, 2.05) is 11.8 Å². The summed E-state index contributed by atoms with van der Waals surface area (Å²) in [6.45, 7) is 8.37. The van der Waals surface area contributed by atoms with Gasteiger partial charge in [0.15, 0.2) is 0 Å². The zero-order valence-electron chi connectivity index (χ0n) is 12.6. The first kappa shape index (κ1) is 16.2. The second-order valence-corrected chi connectivity index (χ2v) is 5.37. The molecule has 4 nitrogen and oxygen atoms in total. The SMILES string of the molecule is CCN(C(=O)CN(CCCO)C(C)C)C1=CCCC1. The molecule has 1 aliphatic rings. The molecule has 0 fully saturated rings. The molecule has 0 atom stereocenters. The molecule has 4 heteroatoms. The van der Waals surface area contributed by atoms with Gasteiger partial charge in [-0.15, -0.1) is 0 Å². The molecule has 0 spiro atoms. The molecule has 1 rings (SSSR count). The summed E-state index contributed by atoms with van der Waals surface area (Å²) in [4.78, 5) is 16.5. The molecule has 0 unspecified atom stereocenters. The first-order valence-electron chi connectivity index (χ1n) is 7.44. The largest absolute Gasteiger partial charge is 0.396 e. The van der Waals surface area contributed by atoms with Gasteiger partial charge in [-0.3, -0.25) is 9.69 Å². The average Bonchev–Trinajstić information content (AvgIpc) is 2.88. The highest BCUT2D eigenvalue weighted by Crippen LogP contribution is 2.21. The Labute approximate surface area is 117 Å². The summed E-state index contributed by atoms with van der Waals surface area (Å²) < 4.78 is 0. The van der Waals surface area contributed by atoms with Crippen LogP contribution in [0.2, 0.25) is 0 Å². The van der Waals surface area contributed by atoms with Crippen LogP contribution in [-0.2, 0) is 4.79 Å². The predicted molar refractivity (Wildman–Crippen MR) is 77.7 cm³/mol. The Kier molecular flexibility index (Phi) is 7.10. The van der Waals surface area contributed by atoms with Crippen molar-refractivity contribution in [2.75, 3.05) is 26.2 Å². The number of likely N-dealkylation sites (N-methyl/N-ethyl adjacent to an activating group) is 1. The number of nitrogens with zero attached hydrogens (tertiary/aromatic N) is 2. The van der Waals surface area contributed by atoms with Crippen LogP contribution >= 0.6 is 0 Å². The van der Waals surface area contributed by atoms with Crippen molar-refractivity contribution < 1.29 is 9.90 Å². The Morgan fingerprint density at radius 1 is 1.47 bits per heavy atom. The molecule has 1 N–H and O–H groups in total. The van der Waals surface area contributed by atoms with Crippen molar-refractivity contribution >= 4 is 5.91 Å². The average molecular weight is 268 g/mol. The lowest BCUT2D eigenvalue weighted by Crippen LogP contribution is -2.43. The number of amides is 1. The lowest BCUT2D eigenvalue weighted by atomic mass is 10.2. The van der Waals surface area contributed by atoms with E-state index in [-0.39, 0.29) is 12.5 Å². The Balaban J connectivity index is 2.58. The van der Waals surface area contributed by atoms with E-state index in [1.165, 1.54) is 5.70 Å². The number of hydrogen-bond donors (Lipinski definition) is 1. The van der Waals surface area contributed by atoms with E-state index in [4.69, 9.17) is 5.11 Å². The number of carbonyl (C=O) groups is 1. The molecular weight excluding hydrogens is 240 g/mol. The van der Waals surface area contributed by atoms with E-state index in [9.17, 15) is 4.79 Å². The van der Waals surface area contributed by atoms with E-state index in [2.05, 4.69) is 24.8 Å². The van der Waals surface area contributed by atoms with Crippen LogP contribution in [0, 0.1) is 0 Å². The van der Waals surface area contributed by atoms with Crippen LogP contribution in [0.5, 0.6) is 0 Å². The zero-order valence-corrected chi connectivity index (χ0v) is 12.6. The molecule has 0 bridgehead atoms. The Morgan fingerprint density at radius 3 is 2.68 bits per heavy atom. The van der Waals surface area contributed by atoms with Crippen molar-refractivity contribution in [2.24, 2.45) is 0 Å². The summed E-state index contributed by atoms with van der Waals surface area (Å²) >= 11 is 0. The van der Waals surface area contributed by atoms with Gasteiger partial charge in [0.1, 0.15) is 0 Å². The molecule has 1 aliphatic carbocycles. The maximum atomic E-state index is 12.4. The smallest absolute Gasteiger partial charge is 0.240 e. The summed E-state index contributed by atoms with van der Waals surface area (Å²) in [5.41, 5.74) is 1.19. The third-order valence-electron chi connectivity index (χ3n) is 3.65. The fourth-order valence-corrected chi connectivity index (χ4v) is 2.49. The highest BCUT2D eigenvalue weighted by atomic mass is 16.3. The van der Waals surface area contributed by atoms with Crippen LogP contribution in [0.4, 0.5) is 0 Å². The maximum Gasteiger partial charge on any atom is 0.240 e. The number of hydrogen-bond acceptors (Lipinski definition) is 3. The molecule has 0 aromatic rings. The standard InChI is InChI=1S/C15H28N2O2/c1-4-17(14-8-5-6-9-14)15(19)12-16(13(2)3)10-7-11-18/h8,13,18H,4-7,9-12H2,1-3H3. The molecule has 0 saturated carbocycles. The van der Waals surface area contributed by atoms with Crippen molar-refractivity contribution in [1.82, 2.24) is 9.80 Å². The lowest BCUT2D eigenvalue weighted by Gasteiger charge is -2.29. The van der Waals surface area contributed by atoms with Crippen LogP contribution in [0.25, 0.3) is 0 Å². The molecule has 0 saturated heterocycles. The number of aliphatic hydroxyl groups is 1. The van der Waals surface area contributed by atoms with Crippen LogP contribution in [0.1, 0.15) is 46.5 Å². The Morgan fingerprint density at radius 2 is 2.21 bits per heavy atom. The minimum Gasteiger partial charge on any atom is -0.396 e. The molecular formula is C15H28N2O2. The van der Waals surface area contributed by atoms with Crippen molar-refractivity contribution in [3.05, 3.63) is 11.8 Å². The topological polar surface area (TPSA) is 43.8 Å². The summed E-state index contributed by atoms with van der Waals surface area (Å²) in [7, 11) is 0. The van der Waals surface area contributed by atoms with Gasteiger partial charge in [-0.1, -0.05) is 6.08 Å². The van der Waals surface area contributed by atoms with Crippen LogP contribution < -0.4 is 0 Å². The fourth-order valence-electron chi connectivity index (χ4n) is 2.49. The Bertz CT molecular complexity index is 313. The highest BCUT2D eigenvalue weighted by molar-refractivity contribution is 5.80. The van der Waals surface area contributed by atoms with E-state index in [1.54, 1.807) is 0 Å². The second kappa shape index (κ2) is 8.33. The summed E-state index contributed by atoms with van der Waals surface area (Å²) in [6, 6.07) is 0.326. The molecule has 0 aromatic carbocycles. The summed E-state index contributed by atoms with van der Waals surface area (Å²) in [5.74, 6) is 0.183. The Hall–Kier alpha value is -0.870. The van der Waals surface area contributed by atoms with Gasteiger partial charge in [-0.2, -0.15) is 0 Å². The third-order valence-corrected chi connectivity index (χ3v) is 3.65. The molecule has 0 aromatic heterocycles. The van der Waals surface area contributed by atoms with Gasteiger partial charge in [0.2, 0.25) is 5.91 Å². The second-order valence-electron chi connectivity index (χ2n) is 5.37. The number of carbonyl (C=O) groups excluding carboxylic acids is 1. The molecule has 110 valence electrons. The predicted octanol–water partition coefficient (Wildman–Crippen LogP) is 2.00. The molecule has 0 heterocycles. The number of allylic oxidation sites excluding steroid dienone is 2. The van der Waals surface area contributed by atoms with Gasteiger partial charge >= 0.3 is 0 Å². The molecule has 19 heavy (non-hydrogen) atoms. The minimum absolute atomic E-state index is 0.181. The van der Waals surface area contributed by atoms with E-state index < -0.39 is 0 Å². The molecule has 0 aliphatic heterocycles. The summed E-state index contributed by atoms with van der Waals surface area (Å²) in [5, 5.41) is 8.93. The number of rotatable bonds is 8. The molecule has 1 amide bonds. The van der Waals surface area contributed by atoms with Crippen molar-refractivity contribution in [1.29, 1.82) is 0 Å². The fraction of sp³-hybridized carbons (Fsp3) is 0.800. The van der Waals surface area contributed by atoms with Crippen LogP contribution in [-0.4, -0.2) is 53.1 Å². The quantitative estimate of drug-likeness (QED) is 0.732. The minimum atomic E-state index is 0.181. The number of aliphatic hydroxyl groups excluding tert-OH is 1. The lowest BCUT2D eigenvalue weighted by molar-refractivity contribution is -0.130. The van der Waals surface area contributed by atoms with Crippen molar-refractivity contribution in [2.45, 2.75) is 52.5 Å². The van der Waals surface area contributed by atoms with E-state index in [0.29, 0.717) is 12.6 Å². The normalized spacial score (nSPS) is 15.2. The van der Waals surface area contributed by atoms with Gasteiger partial charge < -0.3 is 10.0 Å². The highest BCUT2D eigenvalue weighted by Gasteiger charge is 2.21. The maximum absolute atomic E-state index is 12.4. The first-order chi connectivity index (χ1) is 9.10. The van der Waals surface area contributed by atoms with Crippen LogP contribution in [0.3, 0.4) is 0 Å². The molecule has 0 radical (unpaired) electrons. The van der Waals surface area contributed by atoms with Gasteiger partial charge in [0.25, 0.3) is 0 Å².